The van der Waals surface area contributed by atoms with Crippen LogP contribution in [0.15, 0.2) is 12.1 Å². The van der Waals surface area contributed by atoms with Gasteiger partial charge in [0.05, 0.1) is 18.7 Å². The van der Waals surface area contributed by atoms with Crippen LogP contribution in [0.4, 0.5) is 8.78 Å². The molecule has 0 saturated carbocycles. The minimum Gasteiger partial charge on any atom is -0.503 e. The zero-order chi connectivity index (χ0) is 15.5. The summed E-state index contributed by atoms with van der Waals surface area (Å²) >= 11 is 5.69. The summed E-state index contributed by atoms with van der Waals surface area (Å²) in [5.74, 6) is -6.18. The molecule has 0 spiro atoms. The number of nitrogens with two attached hydrogens (primary N) is 1. The second-order valence-electron chi connectivity index (χ2n) is 3.87. The third-order valence-electron chi connectivity index (χ3n) is 2.57. The first kappa shape index (κ1) is 19.7. The summed E-state index contributed by atoms with van der Waals surface area (Å²) in [4.78, 5) is 11.2. The van der Waals surface area contributed by atoms with Crippen molar-refractivity contribution in [3.63, 3.8) is 0 Å². The standard InChI is InChI=1S/C12H14ClF2NO4.ClH/c1-3-20-11(18)12(14,15)10(16)6-4-7(13)9(17)8(5-6)19-2;/h4-5,10,17H,3,16H2,1-2H3;1H/t10-;/m0./s1. The Labute approximate surface area is 131 Å². The molecule has 0 heterocycles. The largest absolute Gasteiger partial charge is 0.503 e. The van der Waals surface area contributed by atoms with Crippen molar-refractivity contribution < 1.29 is 28.2 Å². The summed E-state index contributed by atoms with van der Waals surface area (Å²) in [7, 11) is 1.23. The predicted octanol–water partition coefficient (Wildman–Crippen LogP) is 2.67. The molecule has 1 aromatic rings. The third kappa shape index (κ3) is 4.09. The first-order valence-corrected chi connectivity index (χ1v) is 6.00. The van der Waals surface area contributed by atoms with E-state index in [1.54, 1.807) is 0 Å². The highest BCUT2D eigenvalue weighted by Gasteiger charge is 2.48. The van der Waals surface area contributed by atoms with Crippen molar-refractivity contribution in [2.45, 2.75) is 18.9 Å². The van der Waals surface area contributed by atoms with Gasteiger partial charge in [0.1, 0.15) is 6.04 Å². The fraction of sp³-hybridized carbons (Fsp3) is 0.417. The molecule has 9 heteroatoms. The van der Waals surface area contributed by atoms with Gasteiger partial charge in [-0.1, -0.05) is 11.6 Å². The second-order valence-corrected chi connectivity index (χ2v) is 4.28. The van der Waals surface area contributed by atoms with E-state index in [4.69, 9.17) is 22.1 Å². The van der Waals surface area contributed by atoms with Crippen molar-refractivity contribution in [2.24, 2.45) is 5.73 Å². The third-order valence-corrected chi connectivity index (χ3v) is 2.86. The van der Waals surface area contributed by atoms with Crippen molar-refractivity contribution in [1.29, 1.82) is 0 Å². The number of rotatable bonds is 5. The molecule has 0 saturated heterocycles. The quantitative estimate of drug-likeness (QED) is 0.801. The van der Waals surface area contributed by atoms with E-state index in [1.807, 2.05) is 0 Å². The monoisotopic (exact) mass is 345 g/mol. The summed E-state index contributed by atoms with van der Waals surface area (Å²) in [5, 5.41) is 9.31. The number of phenols is 1. The van der Waals surface area contributed by atoms with E-state index in [0.717, 1.165) is 12.1 Å². The lowest BCUT2D eigenvalue weighted by Crippen LogP contribution is -2.41. The lowest BCUT2D eigenvalue weighted by molar-refractivity contribution is -0.174. The number of esters is 1. The molecule has 1 atom stereocenters. The topological polar surface area (TPSA) is 81.8 Å². The Morgan fingerprint density at radius 2 is 2.10 bits per heavy atom. The zero-order valence-corrected chi connectivity index (χ0v) is 12.8. The Balaban J connectivity index is 0.00000400. The van der Waals surface area contributed by atoms with Crippen LogP contribution in [0.2, 0.25) is 5.02 Å². The van der Waals surface area contributed by atoms with Crippen LogP contribution in [0.1, 0.15) is 18.5 Å². The molecule has 0 aliphatic heterocycles. The van der Waals surface area contributed by atoms with Crippen molar-refractivity contribution in [2.75, 3.05) is 13.7 Å². The van der Waals surface area contributed by atoms with Gasteiger partial charge in [0.2, 0.25) is 0 Å². The molecular formula is C12H15Cl2F2NO4. The molecule has 21 heavy (non-hydrogen) atoms. The van der Waals surface area contributed by atoms with Gasteiger partial charge in [-0.2, -0.15) is 8.78 Å². The highest BCUT2D eigenvalue weighted by molar-refractivity contribution is 6.32. The Kier molecular flexibility index (Phi) is 7.15. The molecule has 0 aliphatic rings. The second kappa shape index (κ2) is 7.63. The first-order valence-electron chi connectivity index (χ1n) is 5.62. The summed E-state index contributed by atoms with van der Waals surface area (Å²) in [5.41, 5.74) is 5.24. The van der Waals surface area contributed by atoms with Crippen molar-refractivity contribution in [3.05, 3.63) is 22.7 Å². The number of methoxy groups -OCH3 is 1. The SMILES string of the molecule is CCOC(=O)C(F)(F)[C@@H](N)c1cc(Cl)c(O)c(OC)c1.Cl. The van der Waals surface area contributed by atoms with Gasteiger partial charge < -0.3 is 20.3 Å². The fourth-order valence-corrected chi connectivity index (χ4v) is 1.71. The lowest BCUT2D eigenvalue weighted by Gasteiger charge is -2.22. The number of aromatic hydroxyl groups is 1. The Morgan fingerprint density at radius 3 is 2.57 bits per heavy atom. The first-order chi connectivity index (χ1) is 9.25. The van der Waals surface area contributed by atoms with E-state index in [2.05, 4.69) is 4.74 Å². The highest BCUT2D eigenvalue weighted by atomic mass is 35.5. The lowest BCUT2D eigenvalue weighted by atomic mass is 10.0. The molecule has 3 N–H and O–H groups in total. The number of carbonyl (C=O) groups is 1. The summed E-state index contributed by atoms with van der Waals surface area (Å²) in [6.07, 6.45) is 0. The summed E-state index contributed by atoms with van der Waals surface area (Å²) < 4.78 is 36.7. The zero-order valence-electron chi connectivity index (χ0n) is 11.2. The maximum absolute atomic E-state index is 13.8. The molecule has 1 rings (SSSR count). The van der Waals surface area contributed by atoms with Gasteiger partial charge in [0.15, 0.2) is 11.5 Å². The van der Waals surface area contributed by atoms with Crippen molar-refractivity contribution in [1.82, 2.24) is 0 Å². The van der Waals surface area contributed by atoms with Crippen LogP contribution < -0.4 is 10.5 Å². The van der Waals surface area contributed by atoms with Gasteiger partial charge in [-0.15, -0.1) is 12.4 Å². The molecule has 5 nitrogen and oxygen atoms in total. The summed E-state index contributed by atoms with van der Waals surface area (Å²) in [6.45, 7) is 1.21. The van der Waals surface area contributed by atoms with Crippen LogP contribution in [0, 0.1) is 0 Å². The highest BCUT2D eigenvalue weighted by Crippen LogP contribution is 2.39. The number of carbonyl (C=O) groups excluding carboxylic acids is 1. The van der Waals surface area contributed by atoms with Crippen molar-refractivity contribution >= 4 is 30.0 Å². The number of halogens is 4. The maximum atomic E-state index is 13.8. The van der Waals surface area contributed by atoms with E-state index in [0.29, 0.717) is 0 Å². The number of hydrogen-bond acceptors (Lipinski definition) is 5. The molecule has 0 aromatic heterocycles. The van der Waals surface area contributed by atoms with E-state index < -0.39 is 23.7 Å². The number of ether oxygens (including phenoxy) is 2. The smallest absolute Gasteiger partial charge is 0.379 e. The molecular weight excluding hydrogens is 331 g/mol. The van der Waals surface area contributed by atoms with E-state index in [-0.39, 0.29) is 35.3 Å². The van der Waals surface area contributed by atoms with Crippen LogP contribution >= 0.6 is 24.0 Å². The van der Waals surface area contributed by atoms with Gasteiger partial charge >= 0.3 is 11.9 Å². The van der Waals surface area contributed by atoms with E-state index >= 15 is 0 Å². The minimum absolute atomic E-state index is 0. The molecule has 120 valence electrons. The van der Waals surface area contributed by atoms with Crippen molar-refractivity contribution in [3.8, 4) is 11.5 Å². The fourth-order valence-electron chi connectivity index (χ4n) is 1.49. The van der Waals surface area contributed by atoms with Crippen LogP contribution in [-0.2, 0) is 9.53 Å². The number of phenolic OH excluding ortho intramolecular Hbond substituents is 1. The van der Waals surface area contributed by atoms with Crippen LogP contribution in [0.25, 0.3) is 0 Å². The maximum Gasteiger partial charge on any atom is 0.379 e. The van der Waals surface area contributed by atoms with Gasteiger partial charge in [-0.25, -0.2) is 4.79 Å². The number of alkyl halides is 2. The average molecular weight is 346 g/mol. The summed E-state index contributed by atoms with van der Waals surface area (Å²) in [6, 6.07) is 0.143. The van der Waals surface area contributed by atoms with Gasteiger partial charge in [-0.3, -0.25) is 0 Å². The average Bonchev–Trinajstić information content (AvgIpc) is 2.41. The minimum atomic E-state index is -3.93. The molecule has 0 amide bonds. The number of hydrogen-bond donors (Lipinski definition) is 2. The Bertz CT molecular complexity index is 514. The molecule has 0 radical (unpaired) electrons. The van der Waals surface area contributed by atoms with Crippen LogP contribution in [0.5, 0.6) is 11.5 Å². The Morgan fingerprint density at radius 1 is 1.52 bits per heavy atom. The number of benzene rings is 1. The van der Waals surface area contributed by atoms with E-state index in [1.165, 1.54) is 14.0 Å². The van der Waals surface area contributed by atoms with Crippen LogP contribution in [-0.4, -0.2) is 30.7 Å². The van der Waals surface area contributed by atoms with Gasteiger partial charge in [0.25, 0.3) is 0 Å². The molecule has 0 bridgehead atoms. The normalized spacial score (nSPS) is 12.3. The van der Waals surface area contributed by atoms with Gasteiger partial charge in [-0.05, 0) is 24.6 Å². The Hall–Kier alpha value is -1.31. The predicted molar refractivity (Wildman–Crippen MR) is 75.4 cm³/mol. The van der Waals surface area contributed by atoms with Gasteiger partial charge in [0, 0.05) is 0 Å². The van der Waals surface area contributed by atoms with E-state index in [9.17, 15) is 18.7 Å². The molecule has 0 unspecified atom stereocenters. The molecule has 1 aromatic carbocycles. The van der Waals surface area contributed by atoms with Crippen LogP contribution in [0.3, 0.4) is 0 Å². The molecule has 0 aliphatic carbocycles. The molecule has 0 fully saturated rings.